The molecule has 2 aliphatic rings. The van der Waals surface area contributed by atoms with Crippen LogP contribution in [0.15, 0.2) is 24.4 Å². The smallest absolute Gasteiger partial charge is 0.324 e. The molecule has 7 nitrogen and oxygen atoms in total. The fraction of sp³-hybridized carbons (Fsp3) is 0.600. The molecule has 0 radical (unpaired) electrons. The van der Waals surface area contributed by atoms with Gasteiger partial charge < -0.3 is 10.2 Å². The van der Waals surface area contributed by atoms with E-state index in [4.69, 9.17) is 0 Å². The van der Waals surface area contributed by atoms with Gasteiger partial charge in [0.05, 0.1) is 18.2 Å². The summed E-state index contributed by atoms with van der Waals surface area (Å²) < 4.78 is 0. The molecule has 1 aromatic rings. The Bertz CT molecular complexity index is 694. The first-order valence-electron chi connectivity index (χ1n) is 9.70. The minimum Gasteiger partial charge on any atom is -0.332 e. The summed E-state index contributed by atoms with van der Waals surface area (Å²) >= 11 is 0. The minimum atomic E-state index is -0.391. The monoisotopic (exact) mass is 372 g/mol. The van der Waals surface area contributed by atoms with Gasteiger partial charge in [-0.25, -0.2) is 4.79 Å². The maximum absolute atomic E-state index is 13.0. The summed E-state index contributed by atoms with van der Waals surface area (Å²) in [7, 11) is 2.02. The molecule has 2 fully saturated rings. The molecule has 27 heavy (non-hydrogen) atoms. The molecule has 1 N–H and O–H groups in total. The molecule has 7 heteroatoms. The van der Waals surface area contributed by atoms with Crippen molar-refractivity contribution in [2.45, 2.75) is 45.2 Å². The molecule has 3 rings (SSSR count). The number of amides is 3. The van der Waals surface area contributed by atoms with Gasteiger partial charge in [0, 0.05) is 38.2 Å². The molecule has 0 aromatic carbocycles. The Kier molecular flexibility index (Phi) is 6.21. The number of likely N-dealkylation sites (tertiary alicyclic amines) is 1. The van der Waals surface area contributed by atoms with Gasteiger partial charge in [-0.05, 0) is 44.9 Å². The molecule has 3 atom stereocenters. The second kappa shape index (κ2) is 8.61. The fourth-order valence-electron chi connectivity index (χ4n) is 4.38. The van der Waals surface area contributed by atoms with Crippen molar-refractivity contribution in [2.24, 2.45) is 11.8 Å². The first-order chi connectivity index (χ1) is 13.0. The average Bonchev–Trinajstić information content (AvgIpc) is 2.67. The zero-order valence-electron chi connectivity index (χ0n) is 16.1. The van der Waals surface area contributed by atoms with Gasteiger partial charge in [-0.15, -0.1) is 0 Å². The second-order valence-electron chi connectivity index (χ2n) is 7.54. The third-order valence-corrected chi connectivity index (χ3v) is 5.74. The van der Waals surface area contributed by atoms with Crippen LogP contribution < -0.4 is 5.32 Å². The number of nitrogens with zero attached hydrogens (tertiary/aromatic N) is 3. The van der Waals surface area contributed by atoms with Crippen molar-refractivity contribution in [1.82, 2.24) is 20.1 Å². The SMILES string of the molecule is CCN(C(=O)NCc1ccccn1)C(=O)[C@@H]1C[C@@H]2CC(=O)CC[C@H]2N(C)C1. The van der Waals surface area contributed by atoms with Crippen LogP contribution in [0.25, 0.3) is 0 Å². The Hall–Kier alpha value is -2.28. The van der Waals surface area contributed by atoms with E-state index in [-0.39, 0.29) is 24.3 Å². The van der Waals surface area contributed by atoms with Crippen LogP contribution in [0.3, 0.4) is 0 Å². The maximum Gasteiger partial charge on any atom is 0.324 e. The summed E-state index contributed by atoms with van der Waals surface area (Å²) in [6, 6.07) is 5.49. The highest BCUT2D eigenvalue weighted by molar-refractivity contribution is 5.95. The van der Waals surface area contributed by atoms with Crippen molar-refractivity contribution in [2.75, 3.05) is 20.1 Å². The first-order valence-corrected chi connectivity index (χ1v) is 9.70. The molecular weight excluding hydrogens is 344 g/mol. The molecule has 0 spiro atoms. The highest BCUT2D eigenvalue weighted by Crippen LogP contribution is 2.36. The van der Waals surface area contributed by atoms with E-state index >= 15 is 0 Å². The van der Waals surface area contributed by atoms with Crippen LogP contribution in [0, 0.1) is 11.8 Å². The Balaban J connectivity index is 1.61. The highest BCUT2D eigenvalue weighted by Gasteiger charge is 2.41. The lowest BCUT2D eigenvalue weighted by molar-refractivity contribution is -0.138. The van der Waals surface area contributed by atoms with E-state index in [0.717, 1.165) is 12.1 Å². The average molecular weight is 372 g/mol. The fourth-order valence-corrected chi connectivity index (χ4v) is 4.38. The number of rotatable bonds is 4. The topological polar surface area (TPSA) is 82.6 Å². The third kappa shape index (κ3) is 4.53. The summed E-state index contributed by atoms with van der Waals surface area (Å²) in [6.45, 7) is 3.04. The Morgan fingerprint density at radius 3 is 2.89 bits per heavy atom. The van der Waals surface area contributed by atoms with Gasteiger partial charge in [-0.2, -0.15) is 0 Å². The van der Waals surface area contributed by atoms with Gasteiger partial charge in [0.2, 0.25) is 5.91 Å². The van der Waals surface area contributed by atoms with Gasteiger partial charge in [0.25, 0.3) is 0 Å². The highest BCUT2D eigenvalue weighted by atomic mass is 16.2. The summed E-state index contributed by atoms with van der Waals surface area (Å²) in [5, 5.41) is 2.78. The summed E-state index contributed by atoms with van der Waals surface area (Å²) in [4.78, 5) is 45.1. The number of fused-ring (bicyclic) bond motifs is 1. The van der Waals surface area contributed by atoms with Crippen LogP contribution in [0.4, 0.5) is 4.79 Å². The number of hydrogen-bond donors (Lipinski definition) is 1. The van der Waals surface area contributed by atoms with E-state index in [2.05, 4.69) is 15.2 Å². The molecule has 2 heterocycles. The maximum atomic E-state index is 13.0. The Morgan fingerprint density at radius 2 is 2.19 bits per heavy atom. The number of hydrogen-bond acceptors (Lipinski definition) is 5. The van der Waals surface area contributed by atoms with E-state index in [1.165, 1.54) is 4.90 Å². The molecule has 146 valence electrons. The number of pyridine rings is 1. The summed E-state index contributed by atoms with van der Waals surface area (Å²) in [6.07, 6.45) is 4.43. The zero-order chi connectivity index (χ0) is 19.4. The Morgan fingerprint density at radius 1 is 1.37 bits per heavy atom. The molecule has 1 aliphatic carbocycles. The van der Waals surface area contributed by atoms with Crippen molar-refractivity contribution >= 4 is 17.7 Å². The van der Waals surface area contributed by atoms with Crippen molar-refractivity contribution in [3.8, 4) is 0 Å². The lowest BCUT2D eigenvalue weighted by Gasteiger charge is -2.45. The van der Waals surface area contributed by atoms with Gasteiger partial charge in [-0.3, -0.25) is 19.5 Å². The van der Waals surface area contributed by atoms with E-state index in [1.807, 2.05) is 25.2 Å². The third-order valence-electron chi connectivity index (χ3n) is 5.74. The lowest BCUT2D eigenvalue weighted by atomic mass is 9.74. The van der Waals surface area contributed by atoms with Crippen molar-refractivity contribution in [3.63, 3.8) is 0 Å². The largest absolute Gasteiger partial charge is 0.332 e. The predicted molar refractivity (Wildman–Crippen MR) is 101 cm³/mol. The van der Waals surface area contributed by atoms with Crippen LogP contribution in [-0.2, 0) is 16.1 Å². The van der Waals surface area contributed by atoms with E-state index in [9.17, 15) is 14.4 Å². The van der Waals surface area contributed by atoms with Crippen molar-refractivity contribution in [3.05, 3.63) is 30.1 Å². The number of nitrogens with one attached hydrogen (secondary N) is 1. The van der Waals surface area contributed by atoms with Crippen LogP contribution in [0.1, 0.15) is 38.3 Å². The quantitative estimate of drug-likeness (QED) is 0.872. The molecule has 3 amide bonds. The second-order valence-corrected chi connectivity index (χ2v) is 7.54. The molecule has 1 saturated heterocycles. The number of Topliss-reactive ketones (excluding diaryl/α,β-unsaturated/α-hetero) is 1. The number of imide groups is 1. The van der Waals surface area contributed by atoms with Crippen molar-refractivity contribution < 1.29 is 14.4 Å². The van der Waals surface area contributed by atoms with Gasteiger partial charge >= 0.3 is 6.03 Å². The normalized spacial score (nSPS) is 25.6. The zero-order valence-corrected chi connectivity index (χ0v) is 16.1. The van der Waals surface area contributed by atoms with Crippen LogP contribution >= 0.6 is 0 Å². The predicted octanol–water partition coefficient (Wildman–Crippen LogP) is 1.83. The molecule has 0 bridgehead atoms. The molecular formula is C20H28N4O3. The number of aromatic nitrogens is 1. The number of ketones is 1. The van der Waals surface area contributed by atoms with Crippen LogP contribution in [0.5, 0.6) is 0 Å². The van der Waals surface area contributed by atoms with Gasteiger partial charge in [0.15, 0.2) is 0 Å². The van der Waals surface area contributed by atoms with Crippen LogP contribution in [-0.4, -0.2) is 58.7 Å². The van der Waals surface area contributed by atoms with Crippen LogP contribution in [0.2, 0.25) is 0 Å². The van der Waals surface area contributed by atoms with E-state index in [0.29, 0.717) is 44.2 Å². The summed E-state index contributed by atoms with van der Waals surface area (Å²) in [5.41, 5.74) is 0.746. The molecule has 1 aromatic heterocycles. The van der Waals surface area contributed by atoms with Gasteiger partial charge in [-0.1, -0.05) is 6.07 Å². The number of carbonyl (C=O) groups is 3. The van der Waals surface area contributed by atoms with E-state index in [1.54, 1.807) is 13.1 Å². The van der Waals surface area contributed by atoms with E-state index < -0.39 is 6.03 Å². The van der Waals surface area contributed by atoms with Crippen molar-refractivity contribution in [1.29, 1.82) is 0 Å². The lowest BCUT2D eigenvalue weighted by Crippen LogP contribution is -2.54. The Labute approximate surface area is 160 Å². The number of carbonyl (C=O) groups excluding carboxylic acids is 3. The molecule has 1 saturated carbocycles. The molecule has 1 aliphatic heterocycles. The number of urea groups is 1. The molecule has 0 unspecified atom stereocenters. The first kappa shape index (κ1) is 19.5. The number of piperidine rings is 1. The standard InChI is InChI=1S/C20H28N4O3/c1-3-24(20(27)22-12-16-6-4-5-9-21-16)19(26)15-10-14-11-17(25)7-8-18(14)23(2)13-15/h4-6,9,14-15,18H,3,7-8,10-13H2,1-2H3,(H,22,27)/t14-,15-,18-/m1/s1. The summed E-state index contributed by atoms with van der Waals surface area (Å²) in [5.74, 6) is 0.106. The van der Waals surface area contributed by atoms with Gasteiger partial charge in [0.1, 0.15) is 5.78 Å². The minimum absolute atomic E-state index is 0.153.